The highest BCUT2D eigenvalue weighted by Crippen LogP contribution is 2.21. The van der Waals surface area contributed by atoms with Gasteiger partial charge in [-0.1, -0.05) is 18.2 Å². The van der Waals surface area contributed by atoms with Gasteiger partial charge < -0.3 is 14.7 Å². The number of benzene rings is 1. The summed E-state index contributed by atoms with van der Waals surface area (Å²) in [6.07, 6.45) is -0.981. The fraction of sp³-hybridized carbons (Fsp3) is 0.250. The zero-order chi connectivity index (χ0) is 19.0. The number of aromatic amines is 2. The minimum absolute atomic E-state index is 0.113. The highest BCUT2D eigenvalue weighted by Gasteiger charge is 2.26. The summed E-state index contributed by atoms with van der Waals surface area (Å²) in [5.41, 5.74) is 3.11. The van der Waals surface area contributed by atoms with Crippen molar-refractivity contribution in [3.8, 4) is 0 Å². The van der Waals surface area contributed by atoms with Crippen molar-refractivity contribution in [3.05, 3.63) is 58.5 Å². The van der Waals surface area contributed by atoms with E-state index < -0.39 is 12.1 Å². The van der Waals surface area contributed by atoms with Gasteiger partial charge in [-0.2, -0.15) is 0 Å². The first kappa shape index (κ1) is 17.7. The van der Waals surface area contributed by atoms with E-state index in [-0.39, 0.29) is 17.3 Å². The van der Waals surface area contributed by atoms with Gasteiger partial charge in [0.15, 0.2) is 11.9 Å². The lowest BCUT2D eigenvalue weighted by Crippen LogP contribution is -2.25. The van der Waals surface area contributed by atoms with Crippen LogP contribution in [0, 0.1) is 13.8 Å². The Morgan fingerprint density at radius 3 is 2.38 bits per heavy atom. The number of hydrogen-bond donors (Lipinski definition) is 2. The van der Waals surface area contributed by atoms with E-state index in [0.717, 1.165) is 10.9 Å². The number of para-hydroxylation sites is 1. The number of carbonyl (C=O) groups is 3. The Morgan fingerprint density at radius 2 is 1.77 bits per heavy atom. The van der Waals surface area contributed by atoms with Gasteiger partial charge in [0.25, 0.3) is 0 Å². The van der Waals surface area contributed by atoms with Crippen molar-refractivity contribution >= 4 is 28.4 Å². The number of nitrogens with one attached hydrogen (secondary N) is 2. The fourth-order valence-electron chi connectivity index (χ4n) is 3.19. The van der Waals surface area contributed by atoms with Crippen LogP contribution in [0.5, 0.6) is 0 Å². The highest BCUT2D eigenvalue weighted by molar-refractivity contribution is 6.05. The van der Waals surface area contributed by atoms with Crippen LogP contribution in [0.1, 0.15) is 56.4 Å². The Balaban J connectivity index is 1.80. The fourth-order valence-corrected chi connectivity index (χ4v) is 3.19. The highest BCUT2D eigenvalue weighted by atomic mass is 16.5. The van der Waals surface area contributed by atoms with Crippen molar-refractivity contribution in [1.29, 1.82) is 0 Å². The lowest BCUT2D eigenvalue weighted by atomic mass is 10.0. The standard InChI is InChI=1S/C20H20N2O4/c1-10-17(12(3)23)11(2)21-18(10)19(24)13(4)26-20(25)16-9-14-7-5-6-8-15(14)22-16/h5-9,13,21-22H,1-4H3/t13-/m1/s1. The molecule has 0 bridgehead atoms. The number of aromatic nitrogens is 2. The summed E-state index contributed by atoms with van der Waals surface area (Å²) in [5, 5.41) is 0.889. The lowest BCUT2D eigenvalue weighted by molar-refractivity contribution is 0.0312. The van der Waals surface area contributed by atoms with Crippen LogP contribution < -0.4 is 0 Å². The quantitative estimate of drug-likeness (QED) is 0.540. The second kappa shape index (κ2) is 6.63. The van der Waals surface area contributed by atoms with Crippen LogP contribution >= 0.6 is 0 Å². The summed E-state index contributed by atoms with van der Waals surface area (Å²) >= 11 is 0. The smallest absolute Gasteiger partial charge is 0.355 e. The van der Waals surface area contributed by atoms with Crippen LogP contribution in [-0.2, 0) is 4.74 Å². The molecule has 2 heterocycles. The van der Waals surface area contributed by atoms with Gasteiger partial charge in [0.05, 0.1) is 5.69 Å². The second-order valence-electron chi connectivity index (χ2n) is 6.36. The number of ether oxygens (including phenoxy) is 1. The van der Waals surface area contributed by atoms with Crippen molar-refractivity contribution < 1.29 is 19.1 Å². The molecular formula is C20H20N2O4. The van der Waals surface area contributed by atoms with Gasteiger partial charge in [-0.25, -0.2) is 4.79 Å². The molecule has 2 aromatic heterocycles. The molecule has 0 saturated carbocycles. The van der Waals surface area contributed by atoms with Crippen LogP contribution in [0.25, 0.3) is 10.9 Å². The summed E-state index contributed by atoms with van der Waals surface area (Å²) < 4.78 is 5.32. The summed E-state index contributed by atoms with van der Waals surface area (Å²) in [6.45, 7) is 6.42. The molecule has 1 aromatic carbocycles. The molecular weight excluding hydrogens is 332 g/mol. The molecule has 0 spiro atoms. The molecule has 0 saturated heterocycles. The van der Waals surface area contributed by atoms with Crippen molar-refractivity contribution in [2.24, 2.45) is 0 Å². The van der Waals surface area contributed by atoms with E-state index in [2.05, 4.69) is 9.97 Å². The van der Waals surface area contributed by atoms with E-state index in [4.69, 9.17) is 4.74 Å². The molecule has 0 radical (unpaired) electrons. The van der Waals surface area contributed by atoms with Gasteiger partial charge in [0.1, 0.15) is 5.69 Å². The number of fused-ring (bicyclic) bond motifs is 1. The average Bonchev–Trinajstić information content (AvgIpc) is 3.14. The molecule has 0 aliphatic heterocycles. The summed E-state index contributed by atoms with van der Waals surface area (Å²) in [7, 11) is 0. The number of hydrogen-bond acceptors (Lipinski definition) is 4. The normalized spacial score (nSPS) is 12.2. The Bertz CT molecular complexity index is 993. The SMILES string of the molecule is CC(=O)c1c(C)[nH]c(C(=O)[C@@H](C)OC(=O)c2cc3ccccc3[nH]2)c1C. The molecule has 3 aromatic rings. The summed E-state index contributed by atoms with van der Waals surface area (Å²) in [6, 6.07) is 9.16. The Morgan fingerprint density at radius 1 is 1.08 bits per heavy atom. The first-order valence-electron chi connectivity index (χ1n) is 8.32. The first-order valence-corrected chi connectivity index (χ1v) is 8.32. The average molecular weight is 352 g/mol. The van der Waals surface area contributed by atoms with E-state index in [0.29, 0.717) is 22.5 Å². The molecule has 1 atom stereocenters. The third-order valence-electron chi connectivity index (χ3n) is 4.44. The van der Waals surface area contributed by atoms with E-state index in [1.54, 1.807) is 19.9 Å². The third-order valence-corrected chi connectivity index (χ3v) is 4.44. The van der Waals surface area contributed by atoms with Crippen molar-refractivity contribution in [1.82, 2.24) is 9.97 Å². The predicted octanol–water partition coefficient (Wildman–Crippen LogP) is 3.74. The van der Waals surface area contributed by atoms with E-state index in [1.165, 1.54) is 13.8 Å². The molecule has 0 aliphatic carbocycles. The largest absolute Gasteiger partial charge is 0.450 e. The molecule has 6 nitrogen and oxygen atoms in total. The Kier molecular flexibility index (Phi) is 4.50. The molecule has 0 aliphatic rings. The monoisotopic (exact) mass is 352 g/mol. The first-order chi connectivity index (χ1) is 12.3. The number of esters is 1. The van der Waals surface area contributed by atoms with Gasteiger partial charge >= 0.3 is 5.97 Å². The third kappa shape index (κ3) is 3.06. The van der Waals surface area contributed by atoms with E-state index in [9.17, 15) is 14.4 Å². The molecule has 134 valence electrons. The van der Waals surface area contributed by atoms with Gasteiger partial charge in [-0.15, -0.1) is 0 Å². The Hall–Kier alpha value is -3.15. The molecule has 0 amide bonds. The zero-order valence-corrected chi connectivity index (χ0v) is 15.1. The summed E-state index contributed by atoms with van der Waals surface area (Å²) in [5.74, 6) is -1.09. The minimum Gasteiger partial charge on any atom is -0.450 e. The Labute approximate surface area is 150 Å². The second-order valence-corrected chi connectivity index (χ2v) is 6.36. The van der Waals surface area contributed by atoms with Crippen LogP contribution in [-0.4, -0.2) is 33.6 Å². The topological polar surface area (TPSA) is 92.0 Å². The maximum absolute atomic E-state index is 12.7. The van der Waals surface area contributed by atoms with Gasteiger partial charge in [0, 0.05) is 22.2 Å². The maximum atomic E-state index is 12.7. The number of ketones is 2. The van der Waals surface area contributed by atoms with Crippen LogP contribution in [0.15, 0.2) is 30.3 Å². The number of H-pyrrole nitrogens is 2. The van der Waals surface area contributed by atoms with Gasteiger partial charge in [0.2, 0.25) is 5.78 Å². The molecule has 0 fully saturated rings. The van der Waals surface area contributed by atoms with E-state index >= 15 is 0 Å². The molecule has 6 heteroatoms. The summed E-state index contributed by atoms with van der Waals surface area (Å²) in [4.78, 5) is 42.7. The predicted molar refractivity (Wildman–Crippen MR) is 97.8 cm³/mol. The lowest BCUT2D eigenvalue weighted by Gasteiger charge is -2.11. The molecule has 26 heavy (non-hydrogen) atoms. The minimum atomic E-state index is -0.981. The number of aryl methyl sites for hydroxylation is 1. The zero-order valence-electron chi connectivity index (χ0n) is 15.1. The van der Waals surface area contributed by atoms with Gasteiger partial charge in [-0.3, -0.25) is 9.59 Å². The molecule has 2 N–H and O–H groups in total. The number of rotatable bonds is 5. The van der Waals surface area contributed by atoms with Crippen LogP contribution in [0.3, 0.4) is 0 Å². The molecule has 0 unspecified atom stereocenters. The van der Waals surface area contributed by atoms with Crippen molar-refractivity contribution in [3.63, 3.8) is 0 Å². The van der Waals surface area contributed by atoms with Gasteiger partial charge in [-0.05, 0) is 45.4 Å². The van der Waals surface area contributed by atoms with Crippen molar-refractivity contribution in [2.45, 2.75) is 33.8 Å². The van der Waals surface area contributed by atoms with Crippen LogP contribution in [0.2, 0.25) is 0 Å². The number of carbonyl (C=O) groups excluding carboxylic acids is 3. The van der Waals surface area contributed by atoms with E-state index in [1.807, 2.05) is 24.3 Å². The molecule has 3 rings (SSSR count). The van der Waals surface area contributed by atoms with Crippen molar-refractivity contribution in [2.75, 3.05) is 0 Å². The number of Topliss-reactive ketones (excluding diaryl/α,β-unsaturated/α-hetero) is 2. The van der Waals surface area contributed by atoms with Crippen LogP contribution in [0.4, 0.5) is 0 Å². The maximum Gasteiger partial charge on any atom is 0.355 e.